The van der Waals surface area contributed by atoms with Crippen LogP contribution >= 0.6 is 0 Å². The van der Waals surface area contributed by atoms with Gasteiger partial charge < -0.3 is 10.6 Å². The Morgan fingerprint density at radius 2 is 2.35 bits per heavy atom. The Labute approximate surface area is 101 Å². The zero-order valence-corrected chi connectivity index (χ0v) is 9.90. The maximum atomic E-state index is 4.13. The van der Waals surface area contributed by atoms with Gasteiger partial charge in [0.2, 0.25) is 0 Å². The van der Waals surface area contributed by atoms with E-state index in [1.54, 1.807) is 6.20 Å². The molecular weight excluding hydrogens is 212 g/mol. The smallest absolute Gasteiger partial charge is 0.124 e. The van der Waals surface area contributed by atoms with E-state index in [1.165, 1.54) is 16.8 Å². The van der Waals surface area contributed by atoms with Gasteiger partial charge in [0, 0.05) is 31.9 Å². The van der Waals surface area contributed by atoms with E-state index in [-0.39, 0.29) is 0 Å². The molecule has 1 aromatic heterocycles. The zero-order chi connectivity index (χ0) is 11.7. The molecule has 0 atom stereocenters. The number of hydrogen-bond acceptors (Lipinski definition) is 3. The Kier molecular flexibility index (Phi) is 2.48. The summed E-state index contributed by atoms with van der Waals surface area (Å²) in [6, 6.07) is 8.61. The van der Waals surface area contributed by atoms with E-state index in [1.807, 2.05) is 17.8 Å². The van der Waals surface area contributed by atoms with Gasteiger partial charge in [-0.1, -0.05) is 12.1 Å². The summed E-state index contributed by atoms with van der Waals surface area (Å²) in [6.45, 7) is 1.89. The van der Waals surface area contributed by atoms with Crippen LogP contribution in [-0.2, 0) is 20.0 Å². The van der Waals surface area contributed by atoms with Crippen molar-refractivity contribution in [3.63, 3.8) is 0 Å². The lowest BCUT2D eigenvalue weighted by Crippen LogP contribution is -2.04. The van der Waals surface area contributed by atoms with Gasteiger partial charge >= 0.3 is 0 Å². The summed E-state index contributed by atoms with van der Waals surface area (Å²) in [5.41, 5.74) is 4.00. The highest BCUT2D eigenvalue weighted by atomic mass is 15.3. The van der Waals surface area contributed by atoms with Gasteiger partial charge in [-0.2, -0.15) is 5.10 Å². The van der Waals surface area contributed by atoms with Crippen molar-refractivity contribution in [1.82, 2.24) is 9.78 Å². The van der Waals surface area contributed by atoms with Gasteiger partial charge in [0.15, 0.2) is 0 Å². The highest BCUT2D eigenvalue weighted by molar-refractivity contribution is 5.57. The maximum Gasteiger partial charge on any atom is 0.124 e. The number of fused-ring (bicyclic) bond motifs is 1. The molecule has 0 spiro atoms. The molecule has 0 radical (unpaired) electrons. The van der Waals surface area contributed by atoms with Crippen molar-refractivity contribution in [2.45, 2.75) is 13.0 Å². The number of nitrogens with one attached hydrogen (secondary N) is 2. The van der Waals surface area contributed by atoms with Crippen molar-refractivity contribution in [3.8, 4) is 0 Å². The second-order valence-corrected chi connectivity index (χ2v) is 4.36. The third kappa shape index (κ3) is 1.98. The molecule has 0 fully saturated rings. The molecular formula is C13H16N4. The summed E-state index contributed by atoms with van der Waals surface area (Å²) in [4.78, 5) is 0. The van der Waals surface area contributed by atoms with E-state index >= 15 is 0 Å². The third-order valence-electron chi connectivity index (χ3n) is 3.18. The van der Waals surface area contributed by atoms with Crippen molar-refractivity contribution in [3.05, 3.63) is 41.6 Å². The Balaban J connectivity index is 1.72. The van der Waals surface area contributed by atoms with Gasteiger partial charge in [-0.05, 0) is 23.6 Å². The number of nitrogens with zero attached hydrogens (tertiary/aromatic N) is 2. The fourth-order valence-electron chi connectivity index (χ4n) is 2.19. The highest BCUT2D eigenvalue weighted by Gasteiger charge is 2.09. The standard InChI is InChI=1S/C13H16N4/c1-17-13(5-7-16-17)15-9-10-2-3-11-4-6-14-12(11)8-10/h2-3,5,7-8,14-15H,4,6,9H2,1H3. The summed E-state index contributed by atoms with van der Waals surface area (Å²) in [7, 11) is 1.94. The van der Waals surface area contributed by atoms with Gasteiger partial charge in [0.1, 0.15) is 5.82 Å². The molecule has 4 nitrogen and oxygen atoms in total. The van der Waals surface area contributed by atoms with Crippen molar-refractivity contribution in [2.75, 3.05) is 17.2 Å². The molecule has 2 heterocycles. The highest BCUT2D eigenvalue weighted by Crippen LogP contribution is 2.23. The molecule has 88 valence electrons. The summed E-state index contributed by atoms with van der Waals surface area (Å²) in [5, 5.41) is 10.9. The van der Waals surface area contributed by atoms with Crippen LogP contribution in [0.4, 0.5) is 11.5 Å². The molecule has 3 rings (SSSR count). The van der Waals surface area contributed by atoms with Crippen LogP contribution in [-0.4, -0.2) is 16.3 Å². The maximum absolute atomic E-state index is 4.13. The zero-order valence-electron chi connectivity index (χ0n) is 9.90. The molecule has 1 aromatic carbocycles. The van der Waals surface area contributed by atoms with Crippen LogP contribution in [0.15, 0.2) is 30.5 Å². The first-order valence-electron chi connectivity index (χ1n) is 5.90. The average molecular weight is 228 g/mol. The van der Waals surface area contributed by atoms with Crippen LogP contribution < -0.4 is 10.6 Å². The normalized spacial score (nSPS) is 13.2. The molecule has 0 amide bonds. The summed E-state index contributed by atoms with van der Waals surface area (Å²) in [6.07, 6.45) is 2.94. The minimum atomic E-state index is 0.828. The van der Waals surface area contributed by atoms with Gasteiger partial charge in [0.05, 0.1) is 6.20 Å². The molecule has 0 bridgehead atoms. The number of benzene rings is 1. The van der Waals surface area contributed by atoms with Gasteiger partial charge in [-0.3, -0.25) is 4.68 Å². The Morgan fingerprint density at radius 3 is 3.18 bits per heavy atom. The first kappa shape index (κ1) is 10.2. The number of anilines is 2. The summed E-state index contributed by atoms with van der Waals surface area (Å²) in [5.74, 6) is 1.04. The SMILES string of the molecule is Cn1nccc1NCc1ccc2c(c1)NCC2. The molecule has 1 aliphatic heterocycles. The van der Waals surface area contributed by atoms with Crippen LogP contribution in [0, 0.1) is 0 Å². The predicted octanol–water partition coefficient (Wildman–Crippen LogP) is 2.00. The van der Waals surface area contributed by atoms with E-state index in [2.05, 4.69) is 33.9 Å². The second-order valence-electron chi connectivity index (χ2n) is 4.36. The fraction of sp³-hybridized carbons (Fsp3) is 0.308. The molecule has 0 saturated heterocycles. The average Bonchev–Trinajstić information content (AvgIpc) is 2.94. The van der Waals surface area contributed by atoms with Gasteiger partial charge in [0.25, 0.3) is 0 Å². The first-order chi connectivity index (χ1) is 8.33. The Bertz CT molecular complexity index is 530. The minimum absolute atomic E-state index is 0.828. The van der Waals surface area contributed by atoms with E-state index in [4.69, 9.17) is 0 Å². The van der Waals surface area contributed by atoms with E-state index in [9.17, 15) is 0 Å². The summed E-state index contributed by atoms with van der Waals surface area (Å²) < 4.78 is 1.84. The van der Waals surface area contributed by atoms with Crippen LogP contribution in [0.25, 0.3) is 0 Å². The Hall–Kier alpha value is -1.97. The fourth-order valence-corrected chi connectivity index (χ4v) is 2.19. The van der Waals surface area contributed by atoms with Crippen LogP contribution in [0.1, 0.15) is 11.1 Å². The quantitative estimate of drug-likeness (QED) is 0.844. The minimum Gasteiger partial charge on any atom is -0.384 e. The van der Waals surface area contributed by atoms with Crippen molar-refractivity contribution in [2.24, 2.45) is 7.05 Å². The number of hydrogen-bond donors (Lipinski definition) is 2. The van der Waals surface area contributed by atoms with Crippen molar-refractivity contribution in [1.29, 1.82) is 0 Å². The summed E-state index contributed by atoms with van der Waals surface area (Å²) >= 11 is 0. The molecule has 4 heteroatoms. The topological polar surface area (TPSA) is 41.9 Å². The lowest BCUT2D eigenvalue weighted by atomic mass is 10.1. The predicted molar refractivity (Wildman–Crippen MR) is 69.2 cm³/mol. The molecule has 17 heavy (non-hydrogen) atoms. The lowest BCUT2D eigenvalue weighted by molar-refractivity contribution is 0.769. The van der Waals surface area contributed by atoms with Crippen molar-refractivity contribution < 1.29 is 0 Å². The van der Waals surface area contributed by atoms with E-state index in [0.717, 1.165) is 25.3 Å². The van der Waals surface area contributed by atoms with Gasteiger partial charge in [-0.15, -0.1) is 0 Å². The molecule has 0 aliphatic carbocycles. The monoisotopic (exact) mass is 228 g/mol. The second kappa shape index (κ2) is 4.13. The van der Waals surface area contributed by atoms with E-state index in [0.29, 0.717) is 0 Å². The number of aryl methyl sites for hydroxylation is 1. The molecule has 0 saturated carbocycles. The van der Waals surface area contributed by atoms with Crippen LogP contribution in [0.2, 0.25) is 0 Å². The number of rotatable bonds is 3. The third-order valence-corrected chi connectivity index (χ3v) is 3.18. The van der Waals surface area contributed by atoms with Crippen LogP contribution in [0.5, 0.6) is 0 Å². The van der Waals surface area contributed by atoms with Gasteiger partial charge in [-0.25, -0.2) is 0 Å². The van der Waals surface area contributed by atoms with E-state index < -0.39 is 0 Å². The molecule has 2 aromatic rings. The molecule has 0 unspecified atom stereocenters. The molecule has 1 aliphatic rings. The lowest BCUT2D eigenvalue weighted by Gasteiger charge is -2.08. The van der Waals surface area contributed by atoms with Crippen molar-refractivity contribution >= 4 is 11.5 Å². The van der Waals surface area contributed by atoms with Crippen LogP contribution in [0.3, 0.4) is 0 Å². The number of aromatic nitrogens is 2. The Morgan fingerprint density at radius 1 is 1.41 bits per heavy atom. The molecule has 2 N–H and O–H groups in total. The first-order valence-corrected chi connectivity index (χ1v) is 5.90. The largest absolute Gasteiger partial charge is 0.384 e.